The first kappa shape index (κ1) is 22.0. The van der Waals surface area contributed by atoms with E-state index in [1.54, 1.807) is 6.07 Å². The Kier molecular flexibility index (Phi) is 5.91. The van der Waals surface area contributed by atoms with E-state index in [0.717, 1.165) is 87.7 Å². The topological polar surface area (TPSA) is 75.0 Å². The van der Waals surface area contributed by atoms with E-state index in [4.69, 9.17) is 9.15 Å². The minimum atomic E-state index is -0.235. The van der Waals surface area contributed by atoms with E-state index in [-0.39, 0.29) is 17.2 Å². The maximum atomic E-state index is 13.0. The van der Waals surface area contributed by atoms with E-state index < -0.39 is 0 Å². The highest BCUT2D eigenvalue weighted by Gasteiger charge is 2.47. The number of carbonyl (C=O) groups excluding carboxylic acids is 2. The molecule has 0 saturated carbocycles. The molecule has 3 fully saturated rings. The first-order valence-electron chi connectivity index (χ1n) is 12.1. The van der Waals surface area contributed by atoms with Crippen LogP contribution in [0.3, 0.4) is 0 Å². The number of hydrogen-bond donors (Lipinski definition) is 1. The van der Waals surface area contributed by atoms with Crippen molar-refractivity contribution in [3.8, 4) is 0 Å². The highest BCUT2D eigenvalue weighted by molar-refractivity contribution is 6.04. The van der Waals surface area contributed by atoms with Crippen LogP contribution in [-0.4, -0.2) is 56.6 Å². The molecule has 33 heavy (non-hydrogen) atoms. The van der Waals surface area contributed by atoms with Crippen molar-refractivity contribution >= 4 is 23.2 Å². The van der Waals surface area contributed by atoms with Gasteiger partial charge in [-0.2, -0.15) is 0 Å². The molecule has 0 aliphatic carbocycles. The summed E-state index contributed by atoms with van der Waals surface area (Å²) in [4.78, 5) is 29.9. The van der Waals surface area contributed by atoms with Gasteiger partial charge in [0.05, 0.1) is 16.8 Å². The van der Waals surface area contributed by atoms with Crippen molar-refractivity contribution in [3.05, 3.63) is 47.4 Å². The van der Waals surface area contributed by atoms with Gasteiger partial charge in [0.1, 0.15) is 5.76 Å². The molecule has 1 N–H and O–H groups in total. The minimum absolute atomic E-state index is 0.200. The lowest BCUT2D eigenvalue weighted by molar-refractivity contribution is -0.135. The maximum Gasteiger partial charge on any atom is 0.291 e. The van der Waals surface area contributed by atoms with Gasteiger partial charge < -0.3 is 24.3 Å². The van der Waals surface area contributed by atoms with Crippen molar-refractivity contribution in [2.75, 3.05) is 50.1 Å². The monoisotopic (exact) mass is 451 g/mol. The molecule has 0 radical (unpaired) electrons. The summed E-state index contributed by atoms with van der Waals surface area (Å²) in [6.45, 7) is 5.95. The lowest BCUT2D eigenvalue weighted by atomic mass is 9.77. The number of ether oxygens (including phenoxy) is 1. The Bertz CT molecular complexity index is 1030. The summed E-state index contributed by atoms with van der Waals surface area (Å²) >= 11 is 0. The summed E-state index contributed by atoms with van der Waals surface area (Å²) in [7, 11) is 1.90. The van der Waals surface area contributed by atoms with Gasteiger partial charge in [-0.1, -0.05) is 6.07 Å². The average Bonchev–Trinajstić information content (AvgIpc) is 3.43. The molecule has 0 unspecified atom stereocenters. The molecule has 4 heterocycles. The number of rotatable bonds is 4. The largest absolute Gasteiger partial charge is 0.456 e. The number of furan rings is 1. The number of nitrogens with zero attached hydrogens (tertiary/aromatic N) is 2. The smallest absolute Gasteiger partial charge is 0.291 e. The number of likely N-dealkylation sites (tertiary alicyclic amines) is 1. The summed E-state index contributed by atoms with van der Waals surface area (Å²) in [5.41, 5.74) is 2.67. The zero-order chi connectivity index (χ0) is 23.0. The summed E-state index contributed by atoms with van der Waals surface area (Å²) in [5.74, 6) is 1.56. The Morgan fingerprint density at radius 1 is 1.06 bits per heavy atom. The van der Waals surface area contributed by atoms with Crippen LogP contribution in [0.2, 0.25) is 0 Å². The average molecular weight is 452 g/mol. The number of amides is 2. The van der Waals surface area contributed by atoms with Gasteiger partial charge in [0, 0.05) is 45.8 Å². The number of carbonyl (C=O) groups is 2. The molecular formula is C26H33N3O4. The fourth-order valence-electron chi connectivity index (χ4n) is 5.52. The lowest BCUT2D eigenvalue weighted by Gasteiger charge is -2.39. The molecule has 176 valence electrons. The van der Waals surface area contributed by atoms with Gasteiger partial charge >= 0.3 is 0 Å². The van der Waals surface area contributed by atoms with Crippen LogP contribution in [0.25, 0.3) is 0 Å². The third-order valence-corrected chi connectivity index (χ3v) is 7.66. The number of anilines is 2. The Labute approximate surface area is 195 Å². The van der Waals surface area contributed by atoms with Gasteiger partial charge in [0.2, 0.25) is 5.91 Å². The normalized spacial score (nSPS) is 21.1. The van der Waals surface area contributed by atoms with Crippen molar-refractivity contribution in [3.63, 3.8) is 0 Å². The molecular weight excluding hydrogens is 418 g/mol. The van der Waals surface area contributed by atoms with Gasteiger partial charge in [0.15, 0.2) is 5.76 Å². The molecule has 0 bridgehead atoms. The van der Waals surface area contributed by atoms with Crippen molar-refractivity contribution in [1.29, 1.82) is 0 Å². The van der Waals surface area contributed by atoms with E-state index in [2.05, 4.69) is 22.3 Å². The molecule has 1 aromatic heterocycles. The zero-order valence-corrected chi connectivity index (χ0v) is 19.6. The molecule has 1 spiro atoms. The summed E-state index contributed by atoms with van der Waals surface area (Å²) < 4.78 is 11.4. The SMILES string of the molecule is Cc1ccc(N2CCC3(CCN(C)C3=O)CC2)c(NC(=O)c2ccc(C3CCOCC3)o2)c1. The van der Waals surface area contributed by atoms with Gasteiger partial charge in [-0.3, -0.25) is 9.59 Å². The molecule has 0 atom stereocenters. The highest BCUT2D eigenvalue weighted by atomic mass is 16.5. The van der Waals surface area contributed by atoms with E-state index in [1.807, 2.05) is 31.0 Å². The minimum Gasteiger partial charge on any atom is -0.456 e. The maximum absolute atomic E-state index is 13.0. The van der Waals surface area contributed by atoms with Crippen LogP contribution in [0.15, 0.2) is 34.7 Å². The third-order valence-electron chi connectivity index (χ3n) is 7.66. The summed E-state index contributed by atoms with van der Waals surface area (Å²) in [6, 6.07) is 9.83. The number of aryl methyl sites for hydroxylation is 1. The predicted octanol–water partition coefficient (Wildman–Crippen LogP) is 4.18. The van der Waals surface area contributed by atoms with Crippen LogP contribution in [0, 0.1) is 12.3 Å². The zero-order valence-electron chi connectivity index (χ0n) is 19.6. The quantitative estimate of drug-likeness (QED) is 0.755. The lowest BCUT2D eigenvalue weighted by Crippen LogP contribution is -2.44. The van der Waals surface area contributed by atoms with Crippen molar-refractivity contribution in [2.45, 2.75) is 44.9 Å². The van der Waals surface area contributed by atoms with E-state index >= 15 is 0 Å². The van der Waals surface area contributed by atoms with Gasteiger partial charge in [-0.05, 0) is 68.9 Å². The van der Waals surface area contributed by atoms with Crippen LogP contribution >= 0.6 is 0 Å². The highest BCUT2D eigenvalue weighted by Crippen LogP contribution is 2.43. The number of nitrogens with one attached hydrogen (secondary N) is 1. The first-order chi connectivity index (χ1) is 15.9. The van der Waals surface area contributed by atoms with Crippen LogP contribution in [-0.2, 0) is 9.53 Å². The summed E-state index contributed by atoms with van der Waals surface area (Å²) in [6.07, 6.45) is 4.49. The Balaban J connectivity index is 1.30. The number of piperidine rings is 1. The Morgan fingerprint density at radius 3 is 2.48 bits per heavy atom. The van der Waals surface area contributed by atoms with E-state index in [9.17, 15) is 9.59 Å². The molecule has 7 heteroatoms. The molecule has 3 saturated heterocycles. The van der Waals surface area contributed by atoms with Crippen molar-refractivity contribution < 1.29 is 18.7 Å². The van der Waals surface area contributed by atoms with Crippen LogP contribution < -0.4 is 10.2 Å². The second-order valence-corrected chi connectivity index (χ2v) is 9.81. The first-order valence-corrected chi connectivity index (χ1v) is 12.1. The molecule has 1 aromatic carbocycles. The fraction of sp³-hybridized carbons (Fsp3) is 0.538. The Morgan fingerprint density at radius 2 is 1.79 bits per heavy atom. The number of benzene rings is 1. The molecule has 5 rings (SSSR count). The Hall–Kier alpha value is -2.80. The molecule has 3 aliphatic rings. The fourth-order valence-corrected chi connectivity index (χ4v) is 5.52. The summed E-state index contributed by atoms with van der Waals surface area (Å²) in [5, 5.41) is 3.08. The molecule has 3 aliphatic heterocycles. The van der Waals surface area contributed by atoms with Crippen LogP contribution in [0.4, 0.5) is 11.4 Å². The standard InChI is InChI=1S/C26H33N3O4/c1-18-3-4-21(29-13-10-26(11-14-29)9-12-28(2)25(26)31)20(17-18)27-24(30)23-6-5-22(33-23)19-7-15-32-16-8-19/h3-6,17,19H,7-16H2,1-2H3,(H,27,30). The third kappa shape index (κ3) is 4.26. The van der Waals surface area contributed by atoms with E-state index in [0.29, 0.717) is 11.7 Å². The molecule has 2 aromatic rings. The van der Waals surface area contributed by atoms with Crippen molar-refractivity contribution in [2.24, 2.45) is 5.41 Å². The number of hydrogen-bond acceptors (Lipinski definition) is 5. The predicted molar refractivity (Wildman–Crippen MR) is 127 cm³/mol. The van der Waals surface area contributed by atoms with Gasteiger partial charge in [-0.25, -0.2) is 0 Å². The van der Waals surface area contributed by atoms with Gasteiger partial charge in [0.25, 0.3) is 5.91 Å². The van der Waals surface area contributed by atoms with Crippen LogP contribution in [0.5, 0.6) is 0 Å². The molecule has 2 amide bonds. The van der Waals surface area contributed by atoms with Crippen LogP contribution in [0.1, 0.15) is 59.9 Å². The molecule has 7 nitrogen and oxygen atoms in total. The second kappa shape index (κ2) is 8.86. The van der Waals surface area contributed by atoms with Gasteiger partial charge in [-0.15, -0.1) is 0 Å². The van der Waals surface area contributed by atoms with Crippen molar-refractivity contribution in [1.82, 2.24) is 4.90 Å². The van der Waals surface area contributed by atoms with E-state index in [1.165, 1.54) is 0 Å². The second-order valence-electron chi connectivity index (χ2n) is 9.81.